The summed E-state index contributed by atoms with van der Waals surface area (Å²) >= 11 is 2.51. The van der Waals surface area contributed by atoms with E-state index < -0.39 is 9.84 Å². The third kappa shape index (κ3) is 4.35. The first kappa shape index (κ1) is 21.8. The Morgan fingerprint density at radius 1 is 1.52 bits per heavy atom. The van der Waals surface area contributed by atoms with Crippen molar-refractivity contribution in [1.29, 1.82) is 0 Å². The molecule has 31 heavy (non-hydrogen) atoms. The quantitative estimate of drug-likeness (QED) is 0.292. The Morgan fingerprint density at radius 2 is 2.32 bits per heavy atom. The van der Waals surface area contributed by atoms with Crippen molar-refractivity contribution in [2.75, 3.05) is 24.3 Å². The fourth-order valence-electron chi connectivity index (χ4n) is 3.53. The minimum absolute atomic E-state index is 0.00393. The fraction of sp³-hybridized carbons (Fsp3) is 0.350. The molecule has 0 spiro atoms. The molecule has 1 atom stereocenters. The van der Waals surface area contributed by atoms with E-state index in [0.29, 0.717) is 33.1 Å². The highest BCUT2D eigenvalue weighted by atomic mass is 32.2. The molecule has 11 heteroatoms. The molecule has 1 unspecified atom stereocenters. The molecule has 4 heterocycles. The standard InChI is InChI=1S/C20H21N3O5S3/c1-3-7-23-19(25)17-14(15-5-4-8-28-15)10-29-18(17)21-20(23)30-11-16(24)22(2)13-6-9-31(26,27)12-13/h3-5,8,10,13H,1,6-7,9,11-12H2,2H3. The van der Waals surface area contributed by atoms with E-state index in [-0.39, 0.29) is 41.3 Å². The predicted octanol–water partition coefficient (Wildman–Crippen LogP) is 2.64. The molecule has 3 aromatic heterocycles. The maximum Gasteiger partial charge on any atom is 0.263 e. The van der Waals surface area contributed by atoms with Crippen molar-refractivity contribution in [3.63, 3.8) is 0 Å². The number of thioether (sulfide) groups is 1. The van der Waals surface area contributed by atoms with Gasteiger partial charge in [-0.1, -0.05) is 17.8 Å². The summed E-state index contributed by atoms with van der Waals surface area (Å²) in [6.07, 6.45) is 3.61. The minimum atomic E-state index is -3.08. The number of hydrogen-bond acceptors (Lipinski definition) is 8. The van der Waals surface area contributed by atoms with Gasteiger partial charge in [-0.3, -0.25) is 14.2 Å². The van der Waals surface area contributed by atoms with Gasteiger partial charge in [0.15, 0.2) is 15.0 Å². The smallest absolute Gasteiger partial charge is 0.263 e. The highest BCUT2D eigenvalue weighted by Gasteiger charge is 2.32. The Hall–Kier alpha value is -2.37. The highest BCUT2D eigenvalue weighted by Crippen LogP contribution is 2.32. The van der Waals surface area contributed by atoms with Crippen LogP contribution < -0.4 is 5.56 Å². The lowest BCUT2D eigenvalue weighted by molar-refractivity contribution is -0.128. The molecule has 1 aliphatic rings. The first-order chi connectivity index (χ1) is 14.8. The van der Waals surface area contributed by atoms with Crippen LogP contribution in [-0.4, -0.2) is 59.1 Å². The third-order valence-electron chi connectivity index (χ3n) is 5.23. The van der Waals surface area contributed by atoms with E-state index in [9.17, 15) is 18.0 Å². The largest absolute Gasteiger partial charge is 0.464 e. The van der Waals surface area contributed by atoms with E-state index in [1.54, 1.807) is 31.5 Å². The van der Waals surface area contributed by atoms with Crippen LogP contribution in [0.4, 0.5) is 0 Å². The van der Waals surface area contributed by atoms with Gasteiger partial charge in [-0.25, -0.2) is 13.4 Å². The van der Waals surface area contributed by atoms with Crippen LogP contribution in [0.2, 0.25) is 0 Å². The number of aromatic nitrogens is 2. The maximum atomic E-state index is 13.2. The van der Waals surface area contributed by atoms with Crippen molar-refractivity contribution in [2.45, 2.75) is 24.2 Å². The molecule has 0 saturated carbocycles. The summed E-state index contributed by atoms with van der Waals surface area (Å²) in [6.45, 7) is 3.98. The Balaban J connectivity index is 1.60. The number of sulfone groups is 1. The molecule has 0 aliphatic carbocycles. The average molecular weight is 480 g/mol. The van der Waals surface area contributed by atoms with E-state index in [2.05, 4.69) is 11.6 Å². The van der Waals surface area contributed by atoms with Crippen molar-refractivity contribution in [1.82, 2.24) is 14.5 Å². The first-order valence-corrected chi connectivity index (χ1v) is 13.2. The van der Waals surface area contributed by atoms with Crippen molar-refractivity contribution in [3.05, 3.63) is 46.8 Å². The number of rotatable bonds is 7. The Bertz CT molecular complexity index is 1290. The number of fused-ring (bicyclic) bond motifs is 1. The van der Waals surface area contributed by atoms with Crippen LogP contribution >= 0.6 is 23.1 Å². The SMILES string of the molecule is C=CCn1c(SCC(=O)N(C)C2CCS(=O)(=O)C2)nc2scc(-c3ccco3)c2c1=O. The van der Waals surface area contributed by atoms with Crippen LogP contribution in [0.1, 0.15) is 6.42 Å². The molecule has 1 saturated heterocycles. The molecule has 0 aromatic carbocycles. The summed E-state index contributed by atoms with van der Waals surface area (Å²) in [4.78, 5) is 32.6. The van der Waals surface area contributed by atoms with E-state index in [4.69, 9.17) is 4.42 Å². The molecule has 164 valence electrons. The van der Waals surface area contributed by atoms with Crippen LogP contribution in [0.25, 0.3) is 21.5 Å². The molecule has 0 radical (unpaired) electrons. The topological polar surface area (TPSA) is 102 Å². The lowest BCUT2D eigenvalue weighted by Crippen LogP contribution is -2.39. The lowest BCUT2D eigenvalue weighted by atomic mass is 10.2. The molecule has 1 amide bonds. The van der Waals surface area contributed by atoms with E-state index in [1.807, 2.05) is 5.38 Å². The van der Waals surface area contributed by atoms with Gasteiger partial charge in [0.2, 0.25) is 5.91 Å². The second kappa shape index (κ2) is 8.64. The Morgan fingerprint density at radius 3 is 2.97 bits per heavy atom. The van der Waals surface area contributed by atoms with E-state index in [0.717, 1.165) is 11.8 Å². The zero-order valence-corrected chi connectivity index (χ0v) is 19.3. The van der Waals surface area contributed by atoms with Gasteiger partial charge in [-0.2, -0.15) is 0 Å². The van der Waals surface area contributed by atoms with Crippen LogP contribution in [0.3, 0.4) is 0 Å². The van der Waals surface area contributed by atoms with Gasteiger partial charge in [0.25, 0.3) is 5.56 Å². The van der Waals surface area contributed by atoms with Gasteiger partial charge < -0.3 is 9.32 Å². The number of nitrogens with zero attached hydrogens (tertiary/aromatic N) is 3. The zero-order valence-electron chi connectivity index (χ0n) is 16.8. The highest BCUT2D eigenvalue weighted by molar-refractivity contribution is 7.99. The molecular weight excluding hydrogens is 458 g/mol. The van der Waals surface area contributed by atoms with Crippen LogP contribution in [0.5, 0.6) is 0 Å². The summed E-state index contributed by atoms with van der Waals surface area (Å²) in [5.74, 6) is 0.554. The molecule has 0 bridgehead atoms. The Kier molecular flexibility index (Phi) is 6.09. The summed E-state index contributed by atoms with van der Waals surface area (Å²) in [5, 5.41) is 2.74. The molecule has 1 aliphatic heterocycles. The molecule has 1 fully saturated rings. The number of furan rings is 1. The van der Waals surface area contributed by atoms with Gasteiger partial charge in [-0.05, 0) is 18.6 Å². The summed E-state index contributed by atoms with van der Waals surface area (Å²) < 4.78 is 30.4. The third-order valence-corrected chi connectivity index (χ3v) is 8.82. The predicted molar refractivity (Wildman–Crippen MR) is 122 cm³/mol. The summed E-state index contributed by atoms with van der Waals surface area (Å²) in [5.41, 5.74) is 0.470. The van der Waals surface area contributed by atoms with Crippen molar-refractivity contribution < 1.29 is 17.6 Å². The summed E-state index contributed by atoms with van der Waals surface area (Å²) in [7, 11) is -1.46. The van der Waals surface area contributed by atoms with Gasteiger partial charge in [0.1, 0.15) is 10.6 Å². The van der Waals surface area contributed by atoms with Gasteiger partial charge in [0, 0.05) is 30.6 Å². The molecule has 3 aromatic rings. The number of amides is 1. The number of carbonyl (C=O) groups is 1. The van der Waals surface area contributed by atoms with Crippen molar-refractivity contribution >= 4 is 49.1 Å². The lowest BCUT2D eigenvalue weighted by Gasteiger charge is -2.23. The van der Waals surface area contributed by atoms with Crippen LogP contribution in [0, 0.1) is 0 Å². The fourth-order valence-corrected chi connectivity index (χ4v) is 7.21. The van der Waals surface area contributed by atoms with Gasteiger partial charge in [-0.15, -0.1) is 17.9 Å². The van der Waals surface area contributed by atoms with Crippen molar-refractivity contribution in [3.8, 4) is 11.3 Å². The van der Waals surface area contributed by atoms with Crippen molar-refractivity contribution in [2.24, 2.45) is 0 Å². The van der Waals surface area contributed by atoms with Crippen LogP contribution in [-0.2, 0) is 21.2 Å². The van der Waals surface area contributed by atoms with Crippen LogP contribution in [0.15, 0.2) is 50.8 Å². The zero-order chi connectivity index (χ0) is 22.2. The van der Waals surface area contributed by atoms with Gasteiger partial charge >= 0.3 is 0 Å². The number of thiophene rings is 1. The minimum Gasteiger partial charge on any atom is -0.464 e. The Labute approximate surface area is 187 Å². The molecule has 4 rings (SSSR count). The van der Waals surface area contributed by atoms with E-state index in [1.165, 1.54) is 20.8 Å². The average Bonchev–Trinajstić information content (AvgIpc) is 3.47. The second-order valence-corrected chi connectivity index (χ2v) is 11.3. The summed E-state index contributed by atoms with van der Waals surface area (Å²) in [6, 6.07) is 3.24. The number of hydrogen-bond donors (Lipinski definition) is 0. The molecule has 8 nitrogen and oxygen atoms in total. The molecule has 0 N–H and O–H groups in total. The normalized spacial score (nSPS) is 17.8. The monoisotopic (exact) mass is 479 g/mol. The van der Waals surface area contributed by atoms with E-state index >= 15 is 0 Å². The number of carbonyl (C=O) groups excluding carboxylic acids is 1. The number of allylic oxidation sites excluding steroid dienone is 1. The maximum absolute atomic E-state index is 13.2. The first-order valence-electron chi connectivity index (χ1n) is 9.56. The molecular formula is C20H21N3O5S3. The second-order valence-electron chi connectivity index (χ2n) is 7.26. The van der Waals surface area contributed by atoms with Gasteiger partial charge in [0.05, 0.1) is 28.9 Å².